The van der Waals surface area contributed by atoms with Gasteiger partial charge in [-0.2, -0.15) is 0 Å². The molecule has 0 saturated heterocycles. The second-order valence-electron chi connectivity index (χ2n) is 4.02. The molecular weight excluding hydrogens is 150 g/mol. The Hall–Kier alpha value is -0.370. The Kier molecular flexibility index (Phi) is 3.27. The molecule has 2 atom stereocenters. The molecule has 1 saturated carbocycles. The van der Waals surface area contributed by atoms with E-state index in [1.807, 2.05) is 14.1 Å². The molecule has 0 amide bonds. The minimum atomic E-state index is 0.300. The van der Waals surface area contributed by atoms with Crippen LogP contribution in [0.25, 0.3) is 0 Å². The van der Waals surface area contributed by atoms with E-state index in [0.717, 1.165) is 19.3 Å². The lowest BCUT2D eigenvalue weighted by Gasteiger charge is -2.30. The third kappa shape index (κ3) is 2.07. The first kappa shape index (κ1) is 9.72. The molecule has 1 rings (SSSR count). The van der Waals surface area contributed by atoms with Crippen molar-refractivity contribution in [2.75, 3.05) is 14.1 Å². The van der Waals surface area contributed by atoms with E-state index in [-0.39, 0.29) is 0 Å². The van der Waals surface area contributed by atoms with E-state index in [4.69, 9.17) is 0 Å². The van der Waals surface area contributed by atoms with Gasteiger partial charge in [0.05, 0.1) is 0 Å². The number of nitrogens with zero attached hydrogens (tertiary/aromatic N) is 1. The number of carbonyl (C=O) groups excluding carboxylic acids is 1. The topological polar surface area (TPSA) is 20.3 Å². The number of Topliss-reactive ketones (excluding diaryl/α,β-unsaturated/α-hetero) is 1. The average molecular weight is 169 g/mol. The minimum Gasteiger partial charge on any atom is -0.306 e. The van der Waals surface area contributed by atoms with E-state index < -0.39 is 0 Å². The molecule has 0 aliphatic heterocycles. The molecule has 0 radical (unpaired) electrons. The third-order valence-corrected chi connectivity index (χ3v) is 3.00. The van der Waals surface area contributed by atoms with Gasteiger partial charge in [0, 0.05) is 18.4 Å². The van der Waals surface area contributed by atoms with Gasteiger partial charge in [0.25, 0.3) is 0 Å². The second-order valence-corrected chi connectivity index (χ2v) is 4.02. The van der Waals surface area contributed by atoms with Gasteiger partial charge in [-0.3, -0.25) is 4.79 Å². The van der Waals surface area contributed by atoms with E-state index in [1.54, 1.807) is 0 Å². The maximum atomic E-state index is 11.5. The number of ketones is 1. The largest absolute Gasteiger partial charge is 0.306 e. The zero-order chi connectivity index (χ0) is 9.14. The average Bonchev–Trinajstić information content (AvgIpc) is 2.04. The standard InChI is InChI=1S/C10H19NO/c1-8(11(2)3)9-6-4-5-7-10(9)12/h8-9H,4-7H2,1-3H3. The molecule has 1 aliphatic rings. The van der Waals surface area contributed by atoms with E-state index in [0.29, 0.717) is 17.7 Å². The maximum absolute atomic E-state index is 11.5. The van der Waals surface area contributed by atoms with Crippen molar-refractivity contribution in [3.8, 4) is 0 Å². The van der Waals surface area contributed by atoms with Crippen molar-refractivity contribution < 1.29 is 4.79 Å². The van der Waals surface area contributed by atoms with Crippen molar-refractivity contribution in [1.29, 1.82) is 0 Å². The van der Waals surface area contributed by atoms with Crippen molar-refractivity contribution in [1.82, 2.24) is 4.90 Å². The van der Waals surface area contributed by atoms with Crippen LogP contribution in [0.3, 0.4) is 0 Å². The van der Waals surface area contributed by atoms with Gasteiger partial charge in [-0.15, -0.1) is 0 Å². The van der Waals surface area contributed by atoms with Gasteiger partial charge in [0.15, 0.2) is 0 Å². The summed E-state index contributed by atoms with van der Waals surface area (Å²) in [6.07, 6.45) is 4.24. The number of hydrogen-bond acceptors (Lipinski definition) is 2. The van der Waals surface area contributed by atoms with E-state index in [9.17, 15) is 4.79 Å². The Morgan fingerprint density at radius 1 is 1.42 bits per heavy atom. The first-order valence-corrected chi connectivity index (χ1v) is 4.82. The van der Waals surface area contributed by atoms with Crippen molar-refractivity contribution in [2.45, 2.75) is 38.6 Å². The van der Waals surface area contributed by atoms with Gasteiger partial charge in [0.2, 0.25) is 0 Å². The Morgan fingerprint density at radius 3 is 2.58 bits per heavy atom. The molecule has 70 valence electrons. The Bertz CT molecular complexity index is 165. The smallest absolute Gasteiger partial charge is 0.137 e. The van der Waals surface area contributed by atoms with Gasteiger partial charge >= 0.3 is 0 Å². The molecule has 0 aromatic heterocycles. The molecule has 2 nitrogen and oxygen atoms in total. The van der Waals surface area contributed by atoms with Gasteiger partial charge < -0.3 is 4.90 Å². The highest BCUT2D eigenvalue weighted by Crippen LogP contribution is 2.24. The Balaban J connectivity index is 2.53. The normalized spacial score (nSPS) is 27.7. The fraction of sp³-hybridized carbons (Fsp3) is 0.900. The quantitative estimate of drug-likeness (QED) is 0.627. The molecule has 0 aromatic carbocycles. The Morgan fingerprint density at radius 2 is 2.08 bits per heavy atom. The summed E-state index contributed by atoms with van der Waals surface area (Å²) < 4.78 is 0. The van der Waals surface area contributed by atoms with E-state index in [1.165, 1.54) is 6.42 Å². The number of hydrogen-bond donors (Lipinski definition) is 0. The molecule has 0 bridgehead atoms. The third-order valence-electron chi connectivity index (χ3n) is 3.00. The molecular formula is C10H19NO. The molecule has 0 spiro atoms. The van der Waals surface area contributed by atoms with Crippen molar-refractivity contribution in [2.24, 2.45) is 5.92 Å². The molecule has 0 N–H and O–H groups in total. The highest BCUT2D eigenvalue weighted by atomic mass is 16.1. The van der Waals surface area contributed by atoms with Crippen LogP contribution < -0.4 is 0 Å². The molecule has 12 heavy (non-hydrogen) atoms. The summed E-state index contributed by atoms with van der Waals surface area (Å²) in [4.78, 5) is 13.7. The highest BCUT2D eigenvalue weighted by molar-refractivity contribution is 5.82. The molecule has 1 aliphatic carbocycles. The molecule has 0 aromatic rings. The zero-order valence-corrected chi connectivity index (χ0v) is 8.34. The van der Waals surface area contributed by atoms with Gasteiger partial charge in [-0.25, -0.2) is 0 Å². The summed E-state index contributed by atoms with van der Waals surface area (Å²) in [5, 5.41) is 0. The van der Waals surface area contributed by atoms with Crippen LogP contribution in [0, 0.1) is 5.92 Å². The fourth-order valence-corrected chi connectivity index (χ4v) is 1.88. The summed E-state index contributed by atoms with van der Waals surface area (Å²) in [5.74, 6) is 0.774. The molecule has 0 heterocycles. The van der Waals surface area contributed by atoms with Crippen LogP contribution in [0.15, 0.2) is 0 Å². The van der Waals surface area contributed by atoms with E-state index in [2.05, 4.69) is 11.8 Å². The van der Waals surface area contributed by atoms with Crippen LogP contribution in [0.2, 0.25) is 0 Å². The van der Waals surface area contributed by atoms with Gasteiger partial charge in [-0.05, 0) is 33.9 Å². The lowest BCUT2D eigenvalue weighted by Crippen LogP contribution is -2.38. The number of carbonyl (C=O) groups is 1. The first-order valence-electron chi connectivity index (χ1n) is 4.82. The van der Waals surface area contributed by atoms with Crippen LogP contribution in [-0.4, -0.2) is 30.8 Å². The first-order chi connectivity index (χ1) is 5.63. The van der Waals surface area contributed by atoms with Crippen LogP contribution in [0.1, 0.15) is 32.6 Å². The monoisotopic (exact) mass is 169 g/mol. The predicted molar refractivity (Wildman–Crippen MR) is 50.1 cm³/mol. The SMILES string of the molecule is CC(C1CCCCC1=O)N(C)C. The highest BCUT2D eigenvalue weighted by Gasteiger charge is 2.28. The molecule has 2 heteroatoms. The maximum Gasteiger partial charge on any atom is 0.137 e. The molecule has 1 fully saturated rings. The van der Waals surface area contributed by atoms with Gasteiger partial charge in [-0.1, -0.05) is 6.42 Å². The minimum absolute atomic E-state index is 0.300. The lowest BCUT2D eigenvalue weighted by atomic mass is 9.83. The van der Waals surface area contributed by atoms with Crippen LogP contribution in [0.4, 0.5) is 0 Å². The summed E-state index contributed by atoms with van der Waals surface area (Å²) in [6, 6.07) is 0.415. The molecule has 2 unspecified atom stereocenters. The van der Waals surface area contributed by atoms with Crippen LogP contribution >= 0.6 is 0 Å². The predicted octanol–water partition coefficient (Wildman–Crippen LogP) is 1.70. The lowest BCUT2D eigenvalue weighted by molar-refractivity contribution is -0.126. The Labute approximate surface area is 74.9 Å². The summed E-state index contributed by atoms with van der Waals surface area (Å²) in [7, 11) is 4.10. The number of rotatable bonds is 2. The van der Waals surface area contributed by atoms with E-state index >= 15 is 0 Å². The van der Waals surface area contributed by atoms with Crippen LogP contribution in [0.5, 0.6) is 0 Å². The zero-order valence-electron chi connectivity index (χ0n) is 8.34. The second kappa shape index (κ2) is 4.04. The summed E-state index contributed by atoms with van der Waals surface area (Å²) in [5.41, 5.74) is 0. The summed E-state index contributed by atoms with van der Waals surface area (Å²) >= 11 is 0. The van der Waals surface area contributed by atoms with Crippen molar-refractivity contribution >= 4 is 5.78 Å². The fourth-order valence-electron chi connectivity index (χ4n) is 1.88. The summed E-state index contributed by atoms with van der Waals surface area (Å²) in [6.45, 7) is 2.15. The van der Waals surface area contributed by atoms with Crippen LogP contribution in [-0.2, 0) is 4.79 Å². The van der Waals surface area contributed by atoms with Gasteiger partial charge in [0.1, 0.15) is 5.78 Å². The van der Waals surface area contributed by atoms with Crippen molar-refractivity contribution in [3.05, 3.63) is 0 Å². The van der Waals surface area contributed by atoms with Crippen molar-refractivity contribution in [3.63, 3.8) is 0 Å².